The molecule has 5 heteroatoms. The van der Waals surface area contributed by atoms with E-state index in [0.717, 1.165) is 24.1 Å². The molecule has 0 spiro atoms. The van der Waals surface area contributed by atoms with E-state index in [1.807, 2.05) is 12.1 Å². The van der Waals surface area contributed by atoms with Gasteiger partial charge in [-0.25, -0.2) is 4.39 Å². The molecule has 3 rings (SSSR count). The van der Waals surface area contributed by atoms with Crippen LogP contribution in [0.15, 0.2) is 40.9 Å². The van der Waals surface area contributed by atoms with Crippen LogP contribution in [0, 0.1) is 5.82 Å². The normalized spacial score (nSPS) is 13.9. The van der Waals surface area contributed by atoms with Crippen molar-refractivity contribution in [1.82, 2.24) is 0 Å². The van der Waals surface area contributed by atoms with Crippen LogP contribution in [-0.4, -0.2) is 12.5 Å². The highest BCUT2D eigenvalue weighted by Gasteiger charge is 2.25. The van der Waals surface area contributed by atoms with Crippen LogP contribution in [0.2, 0.25) is 0 Å². The van der Waals surface area contributed by atoms with Gasteiger partial charge >= 0.3 is 0 Å². The van der Waals surface area contributed by atoms with Crippen LogP contribution in [0.5, 0.6) is 0 Å². The van der Waals surface area contributed by atoms with Crippen molar-refractivity contribution in [2.75, 3.05) is 17.2 Å². The van der Waals surface area contributed by atoms with Crippen molar-refractivity contribution >= 4 is 33.2 Å². The maximum Gasteiger partial charge on any atom is 0.261 e. The van der Waals surface area contributed by atoms with Gasteiger partial charge < -0.3 is 10.6 Å². The Balaban J connectivity index is 2.04. The minimum Gasteiger partial charge on any atom is -0.399 e. The number of halogens is 2. The van der Waals surface area contributed by atoms with E-state index in [0.29, 0.717) is 16.7 Å². The minimum absolute atomic E-state index is 0.0691. The Morgan fingerprint density at radius 1 is 1.24 bits per heavy atom. The third kappa shape index (κ3) is 2.65. The van der Waals surface area contributed by atoms with Crippen LogP contribution in [0.1, 0.15) is 22.3 Å². The molecule has 0 radical (unpaired) electrons. The fraction of sp³-hybridized carbons (Fsp3) is 0.188. The van der Waals surface area contributed by atoms with Gasteiger partial charge in [-0.05, 0) is 48.7 Å². The van der Waals surface area contributed by atoms with Crippen molar-refractivity contribution in [2.24, 2.45) is 0 Å². The minimum atomic E-state index is -0.515. The third-order valence-electron chi connectivity index (χ3n) is 3.63. The zero-order chi connectivity index (χ0) is 15.0. The van der Waals surface area contributed by atoms with Crippen LogP contribution < -0.4 is 10.6 Å². The molecule has 2 aromatic rings. The Labute approximate surface area is 130 Å². The largest absolute Gasteiger partial charge is 0.399 e. The first kappa shape index (κ1) is 14.1. The summed E-state index contributed by atoms with van der Waals surface area (Å²) in [4.78, 5) is 14.3. The number of nitrogens with two attached hydrogens (primary N) is 1. The first-order chi connectivity index (χ1) is 10.1. The highest BCUT2D eigenvalue weighted by Crippen LogP contribution is 2.31. The van der Waals surface area contributed by atoms with Gasteiger partial charge in [0.15, 0.2) is 0 Å². The number of benzene rings is 2. The second-order valence-corrected chi connectivity index (χ2v) is 5.99. The van der Waals surface area contributed by atoms with Crippen molar-refractivity contribution < 1.29 is 9.18 Å². The SMILES string of the molecule is Nc1ccc2c(c1)N(C(=O)c1cc(Br)ccc1F)CCC2. The number of carbonyl (C=O) groups is 1. The van der Waals surface area contributed by atoms with E-state index in [1.54, 1.807) is 17.0 Å². The van der Waals surface area contributed by atoms with Gasteiger partial charge in [-0.3, -0.25) is 4.79 Å². The fourth-order valence-electron chi connectivity index (χ4n) is 2.61. The molecule has 0 saturated heterocycles. The molecular weight excluding hydrogens is 335 g/mol. The van der Waals surface area contributed by atoms with Gasteiger partial charge in [0, 0.05) is 22.4 Å². The summed E-state index contributed by atoms with van der Waals surface area (Å²) in [5, 5.41) is 0. The summed E-state index contributed by atoms with van der Waals surface area (Å²) in [6.07, 6.45) is 1.76. The molecule has 2 N–H and O–H groups in total. The number of amides is 1. The number of anilines is 2. The molecule has 0 saturated carbocycles. The fourth-order valence-corrected chi connectivity index (χ4v) is 2.97. The van der Waals surface area contributed by atoms with Gasteiger partial charge in [-0.15, -0.1) is 0 Å². The number of hydrogen-bond donors (Lipinski definition) is 1. The molecule has 1 aliphatic heterocycles. The second-order valence-electron chi connectivity index (χ2n) is 5.07. The first-order valence-electron chi connectivity index (χ1n) is 6.71. The van der Waals surface area contributed by atoms with Crippen molar-refractivity contribution in [1.29, 1.82) is 0 Å². The van der Waals surface area contributed by atoms with Crippen molar-refractivity contribution in [3.05, 3.63) is 57.8 Å². The quantitative estimate of drug-likeness (QED) is 0.797. The first-order valence-corrected chi connectivity index (χ1v) is 7.51. The van der Waals surface area contributed by atoms with Crippen LogP contribution in [0.3, 0.4) is 0 Å². The topological polar surface area (TPSA) is 46.3 Å². The molecule has 0 bridgehead atoms. The zero-order valence-corrected chi connectivity index (χ0v) is 12.9. The molecule has 0 fully saturated rings. The summed E-state index contributed by atoms with van der Waals surface area (Å²) in [5.74, 6) is -0.848. The predicted octanol–water partition coefficient (Wildman–Crippen LogP) is 3.76. The monoisotopic (exact) mass is 348 g/mol. The average molecular weight is 349 g/mol. The Morgan fingerprint density at radius 3 is 2.86 bits per heavy atom. The van der Waals surface area contributed by atoms with Crippen LogP contribution in [0.25, 0.3) is 0 Å². The molecule has 1 amide bonds. The highest BCUT2D eigenvalue weighted by molar-refractivity contribution is 9.10. The Morgan fingerprint density at radius 2 is 2.05 bits per heavy atom. The van der Waals surface area contributed by atoms with Gasteiger partial charge in [0.2, 0.25) is 0 Å². The Hall–Kier alpha value is -1.88. The second kappa shape index (κ2) is 5.48. The number of nitrogen functional groups attached to an aromatic ring is 1. The Bertz CT molecular complexity index is 717. The van der Waals surface area contributed by atoms with Crippen molar-refractivity contribution in [2.45, 2.75) is 12.8 Å². The lowest BCUT2D eigenvalue weighted by molar-refractivity contribution is 0.0981. The van der Waals surface area contributed by atoms with Crippen LogP contribution >= 0.6 is 15.9 Å². The molecule has 0 atom stereocenters. The van der Waals surface area contributed by atoms with Gasteiger partial charge in [-0.2, -0.15) is 0 Å². The highest BCUT2D eigenvalue weighted by atomic mass is 79.9. The number of rotatable bonds is 1. The van der Waals surface area contributed by atoms with E-state index in [1.165, 1.54) is 12.1 Å². The third-order valence-corrected chi connectivity index (χ3v) is 4.13. The molecule has 3 nitrogen and oxygen atoms in total. The van der Waals surface area contributed by atoms with Crippen LogP contribution in [0.4, 0.5) is 15.8 Å². The molecule has 0 aromatic heterocycles. The summed E-state index contributed by atoms with van der Waals surface area (Å²) >= 11 is 3.27. The maximum atomic E-state index is 13.9. The summed E-state index contributed by atoms with van der Waals surface area (Å²) in [6, 6.07) is 9.92. The molecule has 108 valence electrons. The molecule has 1 heterocycles. The van der Waals surface area contributed by atoms with Crippen molar-refractivity contribution in [3.63, 3.8) is 0 Å². The van der Waals surface area contributed by atoms with E-state index in [2.05, 4.69) is 15.9 Å². The molecule has 1 aliphatic rings. The molecule has 21 heavy (non-hydrogen) atoms. The van der Waals surface area contributed by atoms with E-state index in [-0.39, 0.29) is 11.5 Å². The molecule has 2 aromatic carbocycles. The number of fused-ring (bicyclic) bond motifs is 1. The lowest BCUT2D eigenvalue weighted by atomic mass is 10.00. The number of nitrogens with zero attached hydrogens (tertiary/aromatic N) is 1. The predicted molar refractivity (Wildman–Crippen MR) is 85.0 cm³/mol. The van der Waals surface area contributed by atoms with Crippen LogP contribution in [-0.2, 0) is 6.42 Å². The van der Waals surface area contributed by atoms with E-state index < -0.39 is 5.82 Å². The standard InChI is InChI=1S/C16H14BrFN2O/c17-11-4-6-14(18)13(8-11)16(21)20-7-1-2-10-3-5-12(19)9-15(10)20/h3-6,8-9H,1-2,7,19H2. The summed E-state index contributed by atoms with van der Waals surface area (Å²) in [7, 11) is 0. The van der Waals surface area contributed by atoms with Gasteiger partial charge in [0.25, 0.3) is 5.91 Å². The van der Waals surface area contributed by atoms with Gasteiger partial charge in [-0.1, -0.05) is 22.0 Å². The van der Waals surface area contributed by atoms with Crippen molar-refractivity contribution in [3.8, 4) is 0 Å². The lowest BCUT2D eigenvalue weighted by Crippen LogP contribution is -2.36. The number of carbonyl (C=O) groups excluding carboxylic acids is 1. The van der Waals surface area contributed by atoms with E-state index in [9.17, 15) is 9.18 Å². The van der Waals surface area contributed by atoms with Gasteiger partial charge in [0.05, 0.1) is 5.56 Å². The molecule has 0 unspecified atom stereocenters. The van der Waals surface area contributed by atoms with E-state index in [4.69, 9.17) is 5.73 Å². The lowest BCUT2D eigenvalue weighted by Gasteiger charge is -2.30. The average Bonchev–Trinajstić information content (AvgIpc) is 2.48. The number of aryl methyl sites for hydroxylation is 1. The smallest absolute Gasteiger partial charge is 0.261 e. The zero-order valence-electron chi connectivity index (χ0n) is 11.3. The van der Waals surface area contributed by atoms with Gasteiger partial charge in [0.1, 0.15) is 5.82 Å². The summed E-state index contributed by atoms with van der Waals surface area (Å²) in [6.45, 7) is 0.571. The molecule has 0 aliphatic carbocycles. The number of hydrogen-bond acceptors (Lipinski definition) is 2. The summed E-state index contributed by atoms with van der Waals surface area (Å²) in [5.41, 5.74) is 8.34. The maximum absolute atomic E-state index is 13.9. The summed E-state index contributed by atoms with van der Waals surface area (Å²) < 4.78 is 14.6. The molecular formula is C16H14BrFN2O. The van der Waals surface area contributed by atoms with E-state index >= 15 is 0 Å². The Kier molecular flexibility index (Phi) is 3.68.